The van der Waals surface area contributed by atoms with Gasteiger partial charge in [0.15, 0.2) is 0 Å². The molecule has 10 heteroatoms. The average molecular weight is 472 g/mol. The zero-order valence-electron chi connectivity index (χ0n) is 18.4. The summed E-state index contributed by atoms with van der Waals surface area (Å²) in [5.74, 6) is 0.319. The Hall–Kier alpha value is -3.37. The van der Waals surface area contributed by atoms with Crippen LogP contribution in [0.25, 0.3) is 11.0 Å². The summed E-state index contributed by atoms with van der Waals surface area (Å²) in [5, 5.41) is 0.734. The monoisotopic (exact) mass is 471 g/mol. The smallest absolute Gasteiger partial charge is 0.415 e. The van der Waals surface area contributed by atoms with Crippen LogP contribution in [0.2, 0.25) is 0 Å². The highest BCUT2D eigenvalue weighted by Crippen LogP contribution is 2.26. The van der Waals surface area contributed by atoms with E-state index in [1.807, 2.05) is 6.92 Å². The third kappa shape index (κ3) is 5.18. The molecule has 3 aromatic rings. The van der Waals surface area contributed by atoms with Crippen LogP contribution < -0.4 is 19.8 Å². The fourth-order valence-electron chi connectivity index (χ4n) is 3.86. The van der Waals surface area contributed by atoms with Gasteiger partial charge in [0.05, 0.1) is 5.69 Å². The highest BCUT2D eigenvalue weighted by Gasteiger charge is 2.20. The van der Waals surface area contributed by atoms with Gasteiger partial charge in [-0.1, -0.05) is 12.1 Å². The predicted octanol–water partition coefficient (Wildman–Crippen LogP) is 3.16. The van der Waals surface area contributed by atoms with Crippen molar-refractivity contribution < 1.29 is 22.4 Å². The highest BCUT2D eigenvalue weighted by atomic mass is 32.2. The fourth-order valence-corrected chi connectivity index (χ4v) is 4.40. The maximum absolute atomic E-state index is 12.8. The molecule has 1 amide bonds. The van der Waals surface area contributed by atoms with Gasteiger partial charge in [0.1, 0.15) is 11.3 Å². The molecule has 174 valence electrons. The van der Waals surface area contributed by atoms with Crippen molar-refractivity contribution in [2.75, 3.05) is 24.9 Å². The molecule has 0 spiro atoms. The van der Waals surface area contributed by atoms with Gasteiger partial charge in [0, 0.05) is 43.6 Å². The van der Waals surface area contributed by atoms with Crippen LogP contribution >= 0.6 is 0 Å². The third-order valence-corrected chi connectivity index (χ3v) is 6.70. The summed E-state index contributed by atoms with van der Waals surface area (Å²) in [4.78, 5) is 26.6. The minimum absolute atomic E-state index is 0.269. The van der Waals surface area contributed by atoms with E-state index in [1.54, 1.807) is 47.4 Å². The highest BCUT2D eigenvalue weighted by molar-refractivity contribution is 7.90. The van der Waals surface area contributed by atoms with E-state index in [0.29, 0.717) is 35.7 Å². The van der Waals surface area contributed by atoms with Crippen molar-refractivity contribution in [2.45, 2.75) is 26.2 Å². The van der Waals surface area contributed by atoms with Gasteiger partial charge in [0.25, 0.3) is 10.2 Å². The zero-order valence-corrected chi connectivity index (χ0v) is 19.2. The predicted molar refractivity (Wildman–Crippen MR) is 125 cm³/mol. The molecule has 4 rings (SSSR count). The van der Waals surface area contributed by atoms with Crippen LogP contribution in [0.15, 0.2) is 51.7 Å². The Bertz CT molecular complexity index is 1360. The summed E-state index contributed by atoms with van der Waals surface area (Å²) in [6.45, 7) is 3.20. The summed E-state index contributed by atoms with van der Waals surface area (Å²) < 4.78 is 39.1. The fraction of sp³-hybridized carbons (Fsp3) is 0.304. The van der Waals surface area contributed by atoms with Gasteiger partial charge >= 0.3 is 11.7 Å². The molecule has 0 atom stereocenters. The number of ether oxygens (including phenoxy) is 1. The number of fused-ring (bicyclic) bond motifs is 1. The lowest BCUT2D eigenvalue weighted by molar-refractivity contribution is 0.163. The first kappa shape index (κ1) is 22.8. The van der Waals surface area contributed by atoms with Crippen LogP contribution in [-0.2, 0) is 16.6 Å². The number of nitrogens with zero attached hydrogens (tertiary/aromatic N) is 1. The van der Waals surface area contributed by atoms with Crippen molar-refractivity contribution in [3.63, 3.8) is 0 Å². The summed E-state index contributed by atoms with van der Waals surface area (Å²) in [6.07, 6.45) is 1.80. The summed E-state index contributed by atoms with van der Waals surface area (Å²) in [5.41, 5.74) is 2.19. The number of likely N-dealkylation sites (tertiary alicyclic amines) is 1. The SMILES string of the molecule is CNS(=O)(=O)Nc1cccc(Cc2c(C)c3ccc(OC(=O)N4CCCC4)cc3oc2=O)c1. The van der Waals surface area contributed by atoms with Gasteiger partial charge < -0.3 is 14.1 Å². The second-order valence-electron chi connectivity index (χ2n) is 7.90. The number of anilines is 1. The van der Waals surface area contributed by atoms with Crippen LogP contribution in [0, 0.1) is 6.92 Å². The average Bonchev–Trinajstić information content (AvgIpc) is 3.32. The lowest BCUT2D eigenvalue weighted by Crippen LogP contribution is -2.30. The van der Waals surface area contributed by atoms with Gasteiger partial charge in [-0.05, 0) is 55.2 Å². The number of benzene rings is 2. The van der Waals surface area contributed by atoms with Crippen molar-refractivity contribution in [3.05, 3.63) is 69.6 Å². The van der Waals surface area contributed by atoms with Gasteiger partial charge in [0.2, 0.25) is 0 Å². The molecule has 1 aliphatic rings. The van der Waals surface area contributed by atoms with Crippen LogP contribution in [0.4, 0.5) is 10.5 Å². The number of carbonyl (C=O) groups excluding carboxylic acids is 1. The Morgan fingerprint density at radius 1 is 1.15 bits per heavy atom. The standard InChI is InChI=1S/C23H25N3O6S/c1-15-19-9-8-18(31-23(28)26-10-3-4-11-26)14-21(19)32-22(27)20(15)13-16-6-5-7-17(12-16)25-33(29,30)24-2/h5-9,12,14,24-25H,3-4,10-11,13H2,1-2H3. The number of hydrogen-bond donors (Lipinski definition) is 2. The van der Waals surface area contributed by atoms with E-state index in [4.69, 9.17) is 9.15 Å². The number of carbonyl (C=O) groups is 1. The molecule has 0 bridgehead atoms. The topological polar surface area (TPSA) is 118 Å². The summed E-state index contributed by atoms with van der Waals surface area (Å²) in [7, 11) is -2.33. The van der Waals surface area contributed by atoms with E-state index in [2.05, 4.69) is 9.44 Å². The molecular weight excluding hydrogens is 446 g/mol. The Balaban J connectivity index is 1.59. The Kier molecular flexibility index (Phi) is 6.39. The van der Waals surface area contributed by atoms with Crippen LogP contribution in [0.5, 0.6) is 5.75 Å². The van der Waals surface area contributed by atoms with Gasteiger partial charge in [-0.2, -0.15) is 8.42 Å². The molecule has 0 unspecified atom stereocenters. The number of rotatable bonds is 6. The quantitative estimate of drug-likeness (QED) is 0.533. The molecular formula is C23H25N3O6S. The van der Waals surface area contributed by atoms with Crippen LogP contribution in [0.3, 0.4) is 0 Å². The number of nitrogens with one attached hydrogen (secondary N) is 2. The van der Waals surface area contributed by atoms with Gasteiger partial charge in [-0.25, -0.2) is 14.3 Å². The summed E-state index contributed by atoms with van der Waals surface area (Å²) >= 11 is 0. The first-order valence-electron chi connectivity index (χ1n) is 10.6. The number of hydrogen-bond acceptors (Lipinski definition) is 6. The molecule has 2 aromatic carbocycles. The second-order valence-corrected chi connectivity index (χ2v) is 9.52. The molecule has 33 heavy (non-hydrogen) atoms. The molecule has 1 aromatic heterocycles. The lowest BCUT2D eigenvalue weighted by Gasteiger charge is -2.15. The molecule has 2 heterocycles. The molecule has 0 radical (unpaired) electrons. The van der Waals surface area contributed by atoms with E-state index in [9.17, 15) is 18.0 Å². The minimum atomic E-state index is -3.64. The van der Waals surface area contributed by atoms with E-state index < -0.39 is 21.9 Å². The zero-order chi connectivity index (χ0) is 23.6. The van der Waals surface area contributed by atoms with E-state index in [1.165, 1.54) is 7.05 Å². The van der Waals surface area contributed by atoms with E-state index in [0.717, 1.165) is 29.4 Å². The van der Waals surface area contributed by atoms with Gasteiger partial charge in [-0.3, -0.25) is 4.72 Å². The first-order valence-corrected chi connectivity index (χ1v) is 12.1. The molecule has 0 saturated carbocycles. The molecule has 1 saturated heterocycles. The van der Waals surface area contributed by atoms with E-state index in [-0.39, 0.29) is 6.42 Å². The van der Waals surface area contributed by atoms with Crippen molar-refractivity contribution in [2.24, 2.45) is 0 Å². The lowest BCUT2D eigenvalue weighted by atomic mass is 9.99. The first-order chi connectivity index (χ1) is 15.8. The van der Waals surface area contributed by atoms with Crippen LogP contribution in [0.1, 0.15) is 29.5 Å². The second kappa shape index (κ2) is 9.24. The third-order valence-electron chi connectivity index (χ3n) is 5.66. The maximum atomic E-state index is 12.8. The molecule has 1 fully saturated rings. The van der Waals surface area contributed by atoms with E-state index >= 15 is 0 Å². The molecule has 1 aliphatic heterocycles. The van der Waals surface area contributed by atoms with Crippen molar-refractivity contribution in [3.8, 4) is 5.75 Å². The van der Waals surface area contributed by atoms with Gasteiger partial charge in [-0.15, -0.1) is 0 Å². The Morgan fingerprint density at radius 2 is 1.91 bits per heavy atom. The maximum Gasteiger partial charge on any atom is 0.415 e. The number of amides is 1. The Labute approximate surface area is 191 Å². The van der Waals surface area contributed by atoms with Crippen LogP contribution in [-0.4, -0.2) is 39.5 Å². The molecule has 9 nitrogen and oxygen atoms in total. The van der Waals surface area contributed by atoms with Crippen molar-refractivity contribution in [1.29, 1.82) is 0 Å². The normalized spacial score (nSPS) is 13.9. The number of aryl methyl sites for hydroxylation is 1. The largest absolute Gasteiger partial charge is 0.422 e. The minimum Gasteiger partial charge on any atom is -0.422 e. The van der Waals surface area contributed by atoms with Crippen molar-refractivity contribution >= 4 is 33.0 Å². The summed E-state index contributed by atoms with van der Waals surface area (Å²) in [6, 6.07) is 11.8. The Morgan fingerprint density at radius 3 is 2.64 bits per heavy atom. The molecule has 0 aliphatic carbocycles. The van der Waals surface area contributed by atoms with Crippen molar-refractivity contribution in [1.82, 2.24) is 9.62 Å². The molecule has 2 N–H and O–H groups in total.